The van der Waals surface area contributed by atoms with Crippen LogP contribution in [0.15, 0.2) is 24.3 Å². The van der Waals surface area contributed by atoms with Crippen molar-refractivity contribution in [2.45, 2.75) is 33.7 Å². The molecule has 1 unspecified atom stereocenters. The monoisotopic (exact) mass is 263 g/mol. The molecule has 3 N–H and O–H groups in total. The average molecular weight is 263 g/mol. The van der Waals surface area contributed by atoms with Crippen molar-refractivity contribution in [1.29, 1.82) is 0 Å². The molecule has 0 aromatic heterocycles. The maximum Gasteiger partial charge on any atom is 0.241 e. The van der Waals surface area contributed by atoms with Crippen molar-refractivity contribution in [1.82, 2.24) is 4.90 Å². The van der Waals surface area contributed by atoms with Gasteiger partial charge in [0.25, 0.3) is 0 Å². The van der Waals surface area contributed by atoms with E-state index in [2.05, 4.69) is 31.0 Å². The van der Waals surface area contributed by atoms with E-state index in [1.807, 2.05) is 19.1 Å². The molecule has 0 saturated heterocycles. The van der Waals surface area contributed by atoms with E-state index >= 15 is 0 Å². The number of benzene rings is 1. The lowest BCUT2D eigenvalue weighted by Gasteiger charge is -2.28. The first-order valence-electron chi connectivity index (χ1n) is 6.84. The van der Waals surface area contributed by atoms with Crippen LogP contribution in [0.3, 0.4) is 0 Å². The van der Waals surface area contributed by atoms with Gasteiger partial charge in [0.05, 0.1) is 6.04 Å². The highest BCUT2D eigenvalue weighted by atomic mass is 16.2. The van der Waals surface area contributed by atoms with Gasteiger partial charge in [-0.15, -0.1) is 0 Å². The van der Waals surface area contributed by atoms with Gasteiger partial charge in [-0.1, -0.05) is 26.8 Å². The van der Waals surface area contributed by atoms with Crippen molar-refractivity contribution >= 4 is 17.3 Å². The van der Waals surface area contributed by atoms with Gasteiger partial charge in [0, 0.05) is 17.9 Å². The van der Waals surface area contributed by atoms with Crippen molar-refractivity contribution in [3.8, 4) is 0 Å². The van der Waals surface area contributed by atoms with E-state index in [-0.39, 0.29) is 11.9 Å². The Kier molecular flexibility index (Phi) is 5.83. The number of carbonyl (C=O) groups is 1. The number of anilines is 2. The molecule has 4 nitrogen and oxygen atoms in total. The Labute approximate surface area is 116 Å². The fraction of sp³-hybridized carbons (Fsp3) is 0.533. The molecule has 19 heavy (non-hydrogen) atoms. The second-order valence-electron chi connectivity index (χ2n) is 5.27. The molecule has 1 aromatic carbocycles. The Morgan fingerprint density at radius 1 is 1.37 bits per heavy atom. The lowest BCUT2D eigenvalue weighted by Crippen LogP contribution is -2.43. The average Bonchev–Trinajstić information content (AvgIpc) is 2.34. The molecular weight excluding hydrogens is 238 g/mol. The Hall–Kier alpha value is -1.55. The van der Waals surface area contributed by atoms with Gasteiger partial charge in [-0.25, -0.2) is 0 Å². The molecular formula is C15H25N3O. The Morgan fingerprint density at radius 3 is 2.58 bits per heavy atom. The predicted octanol–water partition coefficient (Wildman–Crippen LogP) is 2.57. The highest BCUT2D eigenvalue weighted by Crippen LogP contribution is 2.13. The predicted molar refractivity (Wildman–Crippen MR) is 81.0 cm³/mol. The molecule has 0 aliphatic carbocycles. The third kappa shape index (κ3) is 4.91. The number of nitrogens with zero attached hydrogens (tertiary/aromatic N) is 1. The van der Waals surface area contributed by atoms with Crippen molar-refractivity contribution < 1.29 is 4.79 Å². The van der Waals surface area contributed by atoms with E-state index in [9.17, 15) is 4.79 Å². The number of hydrogen-bond acceptors (Lipinski definition) is 3. The molecule has 4 heteroatoms. The summed E-state index contributed by atoms with van der Waals surface area (Å²) in [6.45, 7) is 10.1. The molecule has 0 aliphatic rings. The third-order valence-corrected chi connectivity index (χ3v) is 3.09. The summed E-state index contributed by atoms with van der Waals surface area (Å²) < 4.78 is 0. The molecule has 1 rings (SSSR count). The summed E-state index contributed by atoms with van der Waals surface area (Å²) in [5, 5.41) is 2.91. The summed E-state index contributed by atoms with van der Waals surface area (Å²) in [5.74, 6) is 0.552. The second-order valence-corrected chi connectivity index (χ2v) is 5.27. The molecule has 0 saturated carbocycles. The van der Waals surface area contributed by atoms with E-state index in [0.29, 0.717) is 11.6 Å². The third-order valence-electron chi connectivity index (χ3n) is 3.09. The summed E-state index contributed by atoms with van der Waals surface area (Å²) in [4.78, 5) is 14.4. The van der Waals surface area contributed by atoms with Crippen LogP contribution >= 0.6 is 0 Å². The van der Waals surface area contributed by atoms with Crippen molar-refractivity contribution in [3.05, 3.63) is 24.3 Å². The minimum Gasteiger partial charge on any atom is -0.399 e. The van der Waals surface area contributed by atoms with Gasteiger partial charge in [-0.05, 0) is 37.6 Å². The van der Waals surface area contributed by atoms with Gasteiger partial charge in [0.2, 0.25) is 5.91 Å². The van der Waals surface area contributed by atoms with E-state index < -0.39 is 0 Å². The van der Waals surface area contributed by atoms with Crippen LogP contribution in [-0.4, -0.2) is 29.9 Å². The van der Waals surface area contributed by atoms with Crippen molar-refractivity contribution in [2.75, 3.05) is 24.1 Å². The highest BCUT2D eigenvalue weighted by molar-refractivity contribution is 5.94. The summed E-state index contributed by atoms with van der Waals surface area (Å²) >= 11 is 0. The summed E-state index contributed by atoms with van der Waals surface area (Å²) in [6, 6.07) is 7.11. The normalized spacial score (nSPS) is 12.7. The van der Waals surface area contributed by atoms with Crippen LogP contribution in [0.1, 0.15) is 27.7 Å². The van der Waals surface area contributed by atoms with Gasteiger partial charge in [0.1, 0.15) is 0 Å². The zero-order chi connectivity index (χ0) is 14.4. The highest BCUT2D eigenvalue weighted by Gasteiger charge is 2.20. The van der Waals surface area contributed by atoms with Gasteiger partial charge in [-0.2, -0.15) is 0 Å². The Balaban J connectivity index is 2.65. The Morgan fingerprint density at radius 2 is 2.05 bits per heavy atom. The summed E-state index contributed by atoms with van der Waals surface area (Å²) in [7, 11) is 0. The molecule has 1 amide bonds. The number of carbonyl (C=O) groups excluding carboxylic acids is 1. The van der Waals surface area contributed by atoms with Crippen LogP contribution in [-0.2, 0) is 4.79 Å². The number of nitrogen functional groups attached to an aromatic ring is 1. The molecule has 106 valence electrons. The van der Waals surface area contributed by atoms with E-state index in [4.69, 9.17) is 5.73 Å². The van der Waals surface area contributed by atoms with Gasteiger partial charge in [0.15, 0.2) is 0 Å². The number of hydrogen-bond donors (Lipinski definition) is 2. The Bertz CT molecular complexity index is 418. The fourth-order valence-corrected chi connectivity index (χ4v) is 2.06. The zero-order valence-corrected chi connectivity index (χ0v) is 12.3. The topological polar surface area (TPSA) is 58.4 Å². The van der Waals surface area contributed by atoms with E-state index in [1.54, 1.807) is 12.1 Å². The minimum atomic E-state index is -0.145. The number of rotatable bonds is 6. The maximum absolute atomic E-state index is 12.2. The van der Waals surface area contributed by atoms with Crippen LogP contribution in [0.2, 0.25) is 0 Å². The largest absolute Gasteiger partial charge is 0.399 e. The van der Waals surface area contributed by atoms with Gasteiger partial charge < -0.3 is 11.1 Å². The van der Waals surface area contributed by atoms with Crippen LogP contribution < -0.4 is 11.1 Å². The standard InChI is InChI=1S/C15H25N3O/c1-5-18(10-11(2)3)12(4)15(19)17-14-8-6-7-13(16)9-14/h6-9,11-12H,5,10,16H2,1-4H3,(H,17,19). The second kappa shape index (κ2) is 7.14. The van der Waals surface area contributed by atoms with Crippen LogP contribution in [0.5, 0.6) is 0 Å². The number of amides is 1. The molecule has 0 aliphatic heterocycles. The number of nitrogens with two attached hydrogens (primary N) is 1. The smallest absolute Gasteiger partial charge is 0.241 e. The van der Waals surface area contributed by atoms with E-state index in [0.717, 1.165) is 18.8 Å². The van der Waals surface area contributed by atoms with Crippen LogP contribution in [0.4, 0.5) is 11.4 Å². The molecule has 0 fully saturated rings. The first kappa shape index (κ1) is 15.5. The van der Waals surface area contributed by atoms with Gasteiger partial charge in [-0.3, -0.25) is 9.69 Å². The first-order valence-corrected chi connectivity index (χ1v) is 6.84. The molecule has 0 spiro atoms. The summed E-state index contributed by atoms with van der Waals surface area (Å²) in [6.07, 6.45) is 0. The first-order chi connectivity index (χ1) is 8.93. The van der Waals surface area contributed by atoms with Crippen LogP contribution in [0, 0.1) is 5.92 Å². The zero-order valence-electron chi connectivity index (χ0n) is 12.3. The molecule has 0 bridgehead atoms. The number of likely N-dealkylation sites (N-methyl/N-ethyl adjacent to an activating group) is 1. The van der Waals surface area contributed by atoms with E-state index in [1.165, 1.54) is 0 Å². The molecule has 1 atom stereocenters. The quantitative estimate of drug-likeness (QED) is 0.776. The van der Waals surface area contributed by atoms with Crippen LogP contribution in [0.25, 0.3) is 0 Å². The summed E-state index contributed by atoms with van der Waals surface area (Å²) in [5.41, 5.74) is 7.10. The lowest BCUT2D eigenvalue weighted by molar-refractivity contribution is -0.120. The molecule has 0 radical (unpaired) electrons. The maximum atomic E-state index is 12.2. The minimum absolute atomic E-state index is 0.00750. The van der Waals surface area contributed by atoms with Gasteiger partial charge >= 0.3 is 0 Å². The SMILES string of the molecule is CCN(CC(C)C)C(C)C(=O)Nc1cccc(N)c1. The lowest BCUT2D eigenvalue weighted by atomic mass is 10.1. The fourth-order valence-electron chi connectivity index (χ4n) is 2.06. The van der Waals surface area contributed by atoms with Crippen molar-refractivity contribution in [3.63, 3.8) is 0 Å². The number of nitrogens with one attached hydrogen (secondary N) is 1. The van der Waals surface area contributed by atoms with Crippen molar-refractivity contribution in [2.24, 2.45) is 5.92 Å². The molecule has 1 aromatic rings. The molecule has 0 heterocycles.